The van der Waals surface area contributed by atoms with Crippen LogP contribution >= 0.6 is 15.9 Å². The van der Waals surface area contributed by atoms with E-state index in [9.17, 15) is 14.4 Å². The van der Waals surface area contributed by atoms with Gasteiger partial charge in [0.15, 0.2) is 0 Å². The summed E-state index contributed by atoms with van der Waals surface area (Å²) in [6, 6.07) is 4.50. The van der Waals surface area contributed by atoms with Crippen molar-refractivity contribution in [1.82, 2.24) is 10.6 Å². The first-order valence-corrected chi connectivity index (χ1v) is 11.9. The molecule has 0 saturated heterocycles. The second-order valence-corrected chi connectivity index (χ2v) is 8.51. The molecule has 0 unspecified atom stereocenters. The lowest BCUT2D eigenvalue weighted by Crippen LogP contribution is -2.53. The van der Waals surface area contributed by atoms with Gasteiger partial charge < -0.3 is 16.0 Å². The molecule has 1 rings (SSSR count). The largest absolute Gasteiger partial charge is 0.344 e. The fraction of sp³-hybridized carbons (Fsp3) is 0.609. The summed E-state index contributed by atoms with van der Waals surface area (Å²) in [4.78, 5) is 37.5. The molecule has 1 aromatic rings. The van der Waals surface area contributed by atoms with Gasteiger partial charge in [0.05, 0.1) is 0 Å². The summed E-state index contributed by atoms with van der Waals surface area (Å²) < 4.78 is 0. The maximum Gasteiger partial charge on any atom is 0.246 e. The molecule has 0 aliphatic carbocycles. The van der Waals surface area contributed by atoms with Gasteiger partial charge in [-0.2, -0.15) is 0 Å². The third-order valence-electron chi connectivity index (χ3n) is 4.99. The molecule has 3 N–H and O–H groups in total. The molecule has 0 aliphatic rings. The van der Waals surface area contributed by atoms with E-state index in [1.54, 1.807) is 6.92 Å². The molecule has 0 spiro atoms. The Labute approximate surface area is 189 Å². The van der Waals surface area contributed by atoms with Gasteiger partial charge in [-0.1, -0.05) is 68.6 Å². The highest BCUT2D eigenvalue weighted by molar-refractivity contribution is 9.08. The molecular weight excluding hydrogens is 446 g/mol. The van der Waals surface area contributed by atoms with Gasteiger partial charge in [0.2, 0.25) is 17.7 Å². The van der Waals surface area contributed by atoms with Gasteiger partial charge >= 0.3 is 0 Å². The van der Waals surface area contributed by atoms with Crippen molar-refractivity contribution in [2.75, 3.05) is 5.32 Å². The van der Waals surface area contributed by atoms with E-state index >= 15 is 0 Å². The smallest absolute Gasteiger partial charge is 0.246 e. The summed E-state index contributed by atoms with van der Waals surface area (Å²) in [7, 11) is 0. The molecule has 6 nitrogen and oxygen atoms in total. The summed E-state index contributed by atoms with van der Waals surface area (Å²) in [5.41, 5.74) is 2.93. The maximum atomic E-state index is 12.7. The van der Waals surface area contributed by atoms with Crippen molar-refractivity contribution < 1.29 is 14.4 Å². The first kappa shape index (κ1) is 26.1. The number of carbonyl (C=O) groups is 3. The zero-order chi connectivity index (χ0) is 22.7. The molecule has 1 aromatic carbocycles. The van der Waals surface area contributed by atoms with Gasteiger partial charge in [0, 0.05) is 17.4 Å². The lowest BCUT2D eigenvalue weighted by molar-refractivity contribution is -0.131. The highest BCUT2D eigenvalue weighted by Gasteiger charge is 2.27. The molecule has 3 amide bonds. The Bertz CT molecular complexity index is 722. The van der Waals surface area contributed by atoms with Crippen molar-refractivity contribution in [2.24, 2.45) is 5.92 Å². The Morgan fingerprint density at radius 2 is 1.70 bits per heavy atom. The Kier molecular flexibility index (Phi) is 11.7. The lowest BCUT2D eigenvalue weighted by Gasteiger charge is -2.24. The summed E-state index contributed by atoms with van der Waals surface area (Å²) in [5, 5.41) is 9.21. The molecule has 0 saturated carbocycles. The fourth-order valence-electron chi connectivity index (χ4n) is 3.07. The summed E-state index contributed by atoms with van der Waals surface area (Å²) in [6.45, 7) is 9.51. The normalized spacial score (nSPS) is 12.9. The Morgan fingerprint density at radius 1 is 1.00 bits per heavy atom. The first-order chi connectivity index (χ1) is 14.2. The van der Waals surface area contributed by atoms with E-state index < -0.39 is 12.1 Å². The van der Waals surface area contributed by atoms with Crippen molar-refractivity contribution in [1.29, 1.82) is 0 Å². The van der Waals surface area contributed by atoms with Crippen molar-refractivity contribution >= 4 is 39.3 Å². The zero-order valence-corrected chi connectivity index (χ0v) is 20.4. The van der Waals surface area contributed by atoms with Gasteiger partial charge in [0.1, 0.15) is 12.1 Å². The number of alkyl halides is 1. The maximum absolute atomic E-state index is 12.7. The molecule has 0 radical (unpaired) electrons. The molecular formula is C23H36BrN3O3. The summed E-state index contributed by atoms with van der Waals surface area (Å²) >= 11 is 3.44. The monoisotopic (exact) mass is 481 g/mol. The second kappa shape index (κ2) is 13.4. The second-order valence-electron chi connectivity index (χ2n) is 7.94. The molecule has 0 aliphatic heterocycles. The number of anilines is 1. The number of hydrogen-bond acceptors (Lipinski definition) is 3. The average molecular weight is 482 g/mol. The van der Waals surface area contributed by atoms with Crippen LogP contribution in [0.4, 0.5) is 5.69 Å². The predicted molar refractivity (Wildman–Crippen MR) is 126 cm³/mol. The van der Waals surface area contributed by atoms with Crippen molar-refractivity contribution in [3.63, 3.8) is 0 Å². The summed E-state index contributed by atoms with van der Waals surface area (Å²) in [6.07, 6.45) is 4.02. The van der Waals surface area contributed by atoms with E-state index in [-0.39, 0.29) is 23.6 Å². The van der Waals surface area contributed by atoms with Crippen LogP contribution in [0.25, 0.3) is 0 Å². The number of halogens is 1. The lowest BCUT2D eigenvalue weighted by atomic mass is 10.0. The van der Waals surface area contributed by atoms with Crippen LogP contribution in [0, 0.1) is 5.92 Å². The van der Waals surface area contributed by atoms with Crippen LogP contribution in [-0.4, -0.2) is 29.8 Å². The van der Waals surface area contributed by atoms with Crippen molar-refractivity contribution in [2.45, 2.75) is 84.1 Å². The molecule has 2 atom stereocenters. The standard InChI is InChI=1S/C23H36BrN3O3/c1-6-8-9-10-20(28)27-21(15(3)4)23(30)25-16(5)22(29)26-19-12-11-17(14-24)13-18(19)7-2/h11-13,15-16,21H,6-10,14H2,1-5H3,(H,25,30)(H,26,29)(H,27,28)/t16-,21-/m0/s1. The van der Waals surface area contributed by atoms with E-state index in [0.717, 1.165) is 47.8 Å². The minimum absolute atomic E-state index is 0.0844. The van der Waals surface area contributed by atoms with Gasteiger partial charge in [-0.3, -0.25) is 14.4 Å². The highest BCUT2D eigenvalue weighted by Crippen LogP contribution is 2.20. The molecule has 0 aromatic heterocycles. The third-order valence-corrected chi connectivity index (χ3v) is 5.64. The van der Waals surface area contributed by atoms with E-state index in [0.29, 0.717) is 6.42 Å². The van der Waals surface area contributed by atoms with Gasteiger partial charge in [0.25, 0.3) is 0 Å². The number of carbonyl (C=O) groups excluding carboxylic acids is 3. The van der Waals surface area contributed by atoms with E-state index in [2.05, 4.69) is 44.9 Å². The molecule has 0 fully saturated rings. The van der Waals surface area contributed by atoms with Crippen LogP contribution in [0.15, 0.2) is 18.2 Å². The molecule has 7 heteroatoms. The van der Waals surface area contributed by atoms with Crippen molar-refractivity contribution in [3.05, 3.63) is 29.3 Å². The number of rotatable bonds is 12. The Balaban J connectivity index is 2.71. The molecule has 168 valence electrons. The number of amides is 3. The van der Waals surface area contributed by atoms with Crippen molar-refractivity contribution in [3.8, 4) is 0 Å². The topological polar surface area (TPSA) is 87.3 Å². The van der Waals surface area contributed by atoms with Crippen LogP contribution in [0.3, 0.4) is 0 Å². The van der Waals surface area contributed by atoms with Crippen LogP contribution in [0.2, 0.25) is 0 Å². The van der Waals surface area contributed by atoms with Gasteiger partial charge in [-0.25, -0.2) is 0 Å². The Morgan fingerprint density at radius 3 is 2.27 bits per heavy atom. The van der Waals surface area contributed by atoms with E-state index in [4.69, 9.17) is 0 Å². The van der Waals surface area contributed by atoms with Crippen LogP contribution in [-0.2, 0) is 26.1 Å². The fourth-order valence-corrected chi connectivity index (χ4v) is 3.42. The minimum atomic E-state index is -0.726. The number of unbranched alkanes of at least 4 members (excludes halogenated alkanes) is 2. The van der Waals surface area contributed by atoms with E-state index in [1.807, 2.05) is 32.9 Å². The van der Waals surface area contributed by atoms with E-state index in [1.165, 1.54) is 0 Å². The van der Waals surface area contributed by atoms with Gasteiger partial charge in [-0.05, 0) is 42.9 Å². The average Bonchev–Trinajstić information content (AvgIpc) is 2.71. The number of nitrogens with one attached hydrogen (secondary N) is 3. The molecule has 0 bridgehead atoms. The van der Waals surface area contributed by atoms with Crippen LogP contribution in [0.1, 0.15) is 71.4 Å². The number of hydrogen-bond donors (Lipinski definition) is 3. The zero-order valence-electron chi connectivity index (χ0n) is 18.8. The minimum Gasteiger partial charge on any atom is -0.344 e. The third kappa shape index (κ3) is 8.46. The van der Waals surface area contributed by atoms with Crippen LogP contribution < -0.4 is 16.0 Å². The summed E-state index contributed by atoms with van der Waals surface area (Å²) in [5.74, 6) is -0.851. The number of aryl methyl sites for hydroxylation is 1. The number of benzene rings is 1. The van der Waals surface area contributed by atoms with Gasteiger partial charge in [-0.15, -0.1) is 0 Å². The molecule has 0 heterocycles. The Hall–Kier alpha value is -1.89. The highest BCUT2D eigenvalue weighted by atomic mass is 79.9. The quantitative estimate of drug-likeness (QED) is 0.307. The molecule has 30 heavy (non-hydrogen) atoms. The SMILES string of the molecule is CCCCCC(=O)N[C@H](C(=O)N[C@@H](C)C(=O)Nc1ccc(CBr)cc1CC)C(C)C. The van der Waals surface area contributed by atoms with Crippen LogP contribution in [0.5, 0.6) is 0 Å². The first-order valence-electron chi connectivity index (χ1n) is 10.8. The predicted octanol–water partition coefficient (Wildman–Crippen LogP) is 4.31.